The number of benzene rings is 1. The maximum atomic E-state index is 5.44. The lowest BCUT2D eigenvalue weighted by Crippen LogP contribution is -1.95. The van der Waals surface area contributed by atoms with E-state index in [0.29, 0.717) is 0 Å². The highest BCUT2D eigenvalue weighted by atomic mass is 14.5. The summed E-state index contributed by atoms with van der Waals surface area (Å²) in [6.07, 6.45) is 5.27. The SMILES string of the molecule is Cc1cc(C)c(C=CCCN)c(C)c1. The van der Waals surface area contributed by atoms with Gasteiger partial charge in [0.1, 0.15) is 0 Å². The highest BCUT2D eigenvalue weighted by Crippen LogP contribution is 2.17. The van der Waals surface area contributed by atoms with Gasteiger partial charge in [0.25, 0.3) is 0 Å². The van der Waals surface area contributed by atoms with Crippen LogP contribution in [-0.4, -0.2) is 6.54 Å². The maximum absolute atomic E-state index is 5.44. The van der Waals surface area contributed by atoms with E-state index in [9.17, 15) is 0 Å². The Kier molecular flexibility index (Phi) is 3.90. The van der Waals surface area contributed by atoms with Gasteiger partial charge in [0, 0.05) is 0 Å². The van der Waals surface area contributed by atoms with Crippen molar-refractivity contribution < 1.29 is 0 Å². The van der Waals surface area contributed by atoms with Crippen LogP contribution in [0.4, 0.5) is 0 Å². The molecule has 0 aliphatic carbocycles. The predicted molar refractivity (Wildman–Crippen MR) is 63.4 cm³/mol. The zero-order valence-electron chi connectivity index (χ0n) is 9.30. The Morgan fingerprint density at radius 1 is 1.14 bits per heavy atom. The minimum atomic E-state index is 0.723. The van der Waals surface area contributed by atoms with Crippen LogP contribution >= 0.6 is 0 Å². The molecule has 0 saturated heterocycles. The van der Waals surface area contributed by atoms with Gasteiger partial charge in [-0.25, -0.2) is 0 Å². The Morgan fingerprint density at radius 2 is 1.71 bits per heavy atom. The molecule has 76 valence electrons. The summed E-state index contributed by atoms with van der Waals surface area (Å²) in [7, 11) is 0. The van der Waals surface area contributed by atoms with E-state index in [2.05, 4.69) is 45.1 Å². The van der Waals surface area contributed by atoms with Gasteiger partial charge in [0.2, 0.25) is 0 Å². The Bertz CT molecular complexity index is 314. The van der Waals surface area contributed by atoms with Crippen molar-refractivity contribution in [1.29, 1.82) is 0 Å². The zero-order chi connectivity index (χ0) is 10.6. The van der Waals surface area contributed by atoms with Crippen molar-refractivity contribution in [3.05, 3.63) is 40.5 Å². The van der Waals surface area contributed by atoms with Crippen molar-refractivity contribution in [2.75, 3.05) is 6.54 Å². The number of rotatable bonds is 3. The topological polar surface area (TPSA) is 26.0 Å². The minimum absolute atomic E-state index is 0.723. The lowest BCUT2D eigenvalue weighted by atomic mass is 9.99. The summed E-state index contributed by atoms with van der Waals surface area (Å²) in [4.78, 5) is 0. The van der Waals surface area contributed by atoms with Crippen molar-refractivity contribution in [3.8, 4) is 0 Å². The van der Waals surface area contributed by atoms with E-state index in [-0.39, 0.29) is 0 Å². The molecule has 1 aromatic carbocycles. The van der Waals surface area contributed by atoms with Crippen LogP contribution in [0.25, 0.3) is 6.08 Å². The van der Waals surface area contributed by atoms with Crippen LogP contribution in [0.3, 0.4) is 0 Å². The van der Waals surface area contributed by atoms with E-state index in [4.69, 9.17) is 5.73 Å². The first-order valence-electron chi connectivity index (χ1n) is 5.09. The second-order valence-electron chi connectivity index (χ2n) is 3.79. The molecule has 0 saturated carbocycles. The Labute approximate surface area is 86.6 Å². The molecule has 0 atom stereocenters. The molecule has 0 spiro atoms. The second kappa shape index (κ2) is 4.97. The quantitative estimate of drug-likeness (QED) is 0.777. The summed E-state index contributed by atoms with van der Waals surface area (Å²) in [6, 6.07) is 4.43. The zero-order valence-corrected chi connectivity index (χ0v) is 9.30. The largest absolute Gasteiger partial charge is 0.330 e. The standard InChI is InChI=1S/C13H19N/c1-10-8-11(2)13(12(3)9-10)6-4-5-7-14/h4,6,8-9H,5,7,14H2,1-3H3. The molecule has 0 aromatic heterocycles. The van der Waals surface area contributed by atoms with E-state index in [1.54, 1.807) is 0 Å². The normalized spacial score (nSPS) is 11.1. The van der Waals surface area contributed by atoms with Gasteiger partial charge in [-0.15, -0.1) is 0 Å². The third-order valence-corrected chi connectivity index (χ3v) is 2.36. The predicted octanol–water partition coefficient (Wildman–Crippen LogP) is 2.97. The van der Waals surface area contributed by atoms with Crippen LogP contribution in [0.15, 0.2) is 18.2 Å². The van der Waals surface area contributed by atoms with Crippen molar-refractivity contribution >= 4 is 6.08 Å². The number of aryl methyl sites for hydroxylation is 3. The first-order valence-corrected chi connectivity index (χ1v) is 5.09. The summed E-state index contributed by atoms with van der Waals surface area (Å²) in [6.45, 7) is 7.16. The first-order chi connectivity index (χ1) is 6.65. The summed E-state index contributed by atoms with van der Waals surface area (Å²) in [5, 5.41) is 0. The lowest BCUT2D eigenvalue weighted by molar-refractivity contribution is 1.01. The van der Waals surface area contributed by atoms with Crippen LogP contribution in [0.5, 0.6) is 0 Å². The third kappa shape index (κ3) is 2.71. The fourth-order valence-corrected chi connectivity index (χ4v) is 1.75. The second-order valence-corrected chi connectivity index (χ2v) is 3.79. The molecular weight excluding hydrogens is 170 g/mol. The molecule has 0 aliphatic heterocycles. The number of hydrogen-bond acceptors (Lipinski definition) is 1. The van der Waals surface area contributed by atoms with E-state index in [0.717, 1.165) is 13.0 Å². The van der Waals surface area contributed by atoms with Crippen molar-refractivity contribution in [1.82, 2.24) is 0 Å². The Hall–Kier alpha value is -1.08. The number of nitrogens with two attached hydrogens (primary N) is 1. The fraction of sp³-hybridized carbons (Fsp3) is 0.385. The average molecular weight is 189 g/mol. The summed E-state index contributed by atoms with van der Waals surface area (Å²) in [5.74, 6) is 0. The molecule has 0 radical (unpaired) electrons. The van der Waals surface area contributed by atoms with E-state index in [1.807, 2.05) is 0 Å². The molecule has 0 fully saturated rings. The first kappa shape index (κ1) is 11.0. The average Bonchev–Trinajstić information content (AvgIpc) is 2.09. The molecule has 1 rings (SSSR count). The Morgan fingerprint density at radius 3 is 2.21 bits per heavy atom. The molecule has 1 aromatic rings. The van der Waals surface area contributed by atoms with Crippen LogP contribution in [-0.2, 0) is 0 Å². The van der Waals surface area contributed by atoms with Gasteiger partial charge in [-0.3, -0.25) is 0 Å². The summed E-state index contributed by atoms with van der Waals surface area (Å²) < 4.78 is 0. The molecule has 0 unspecified atom stereocenters. The van der Waals surface area contributed by atoms with Gasteiger partial charge in [-0.05, 0) is 50.4 Å². The maximum Gasteiger partial charge on any atom is -0.00425 e. The van der Waals surface area contributed by atoms with Gasteiger partial charge in [-0.2, -0.15) is 0 Å². The van der Waals surface area contributed by atoms with Crippen molar-refractivity contribution in [2.45, 2.75) is 27.2 Å². The lowest BCUT2D eigenvalue weighted by Gasteiger charge is -2.06. The van der Waals surface area contributed by atoms with Crippen molar-refractivity contribution in [2.24, 2.45) is 5.73 Å². The molecular formula is C13H19N. The Balaban J connectivity index is 2.96. The third-order valence-electron chi connectivity index (χ3n) is 2.36. The highest BCUT2D eigenvalue weighted by molar-refractivity contribution is 5.58. The van der Waals surface area contributed by atoms with Crippen LogP contribution in [0, 0.1) is 20.8 Å². The minimum Gasteiger partial charge on any atom is -0.330 e. The molecule has 2 N–H and O–H groups in total. The van der Waals surface area contributed by atoms with Crippen LogP contribution in [0.2, 0.25) is 0 Å². The van der Waals surface area contributed by atoms with E-state index >= 15 is 0 Å². The van der Waals surface area contributed by atoms with E-state index in [1.165, 1.54) is 22.3 Å². The molecule has 0 amide bonds. The molecule has 0 heterocycles. The van der Waals surface area contributed by atoms with Gasteiger partial charge in [0.05, 0.1) is 0 Å². The van der Waals surface area contributed by atoms with Gasteiger partial charge < -0.3 is 5.73 Å². The summed E-state index contributed by atoms with van der Waals surface area (Å²) >= 11 is 0. The van der Waals surface area contributed by atoms with Gasteiger partial charge >= 0.3 is 0 Å². The molecule has 14 heavy (non-hydrogen) atoms. The smallest absolute Gasteiger partial charge is 0.00425 e. The fourth-order valence-electron chi connectivity index (χ4n) is 1.75. The number of hydrogen-bond donors (Lipinski definition) is 1. The summed E-state index contributed by atoms with van der Waals surface area (Å²) in [5.41, 5.74) is 10.8. The van der Waals surface area contributed by atoms with Crippen LogP contribution in [0.1, 0.15) is 28.7 Å². The van der Waals surface area contributed by atoms with Gasteiger partial charge in [0.15, 0.2) is 0 Å². The molecule has 0 bridgehead atoms. The van der Waals surface area contributed by atoms with Gasteiger partial charge in [-0.1, -0.05) is 29.8 Å². The highest BCUT2D eigenvalue weighted by Gasteiger charge is 1.99. The van der Waals surface area contributed by atoms with E-state index < -0.39 is 0 Å². The molecule has 1 nitrogen and oxygen atoms in total. The monoisotopic (exact) mass is 189 g/mol. The van der Waals surface area contributed by atoms with Crippen LogP contribution < -0.4 is 5.73 Å². The molecule has 1 heteroatoms. The molecule has 0 aliphatic rings. The van der Waals surface area contributed by atoms with Crippen molar-refractivity contribution in [3.63, 3.8) is 0 Å².